The van der Waals surface area contributed by atoms with Crippen LogP contribution in [0.4, 0.5) is 5.69 Å². The van der Waals surface area contributed by atoms with Crippen molar-refractivity contribution in [1.82, 2.24) is 10.2 Å². The van der Waals surface area contributed by atoms with Gasteiger partial charge < -0.3 is 5.32 Å². The second kappa shape index (κ2) is 10.0. The molecular formula is C23H30ClN3O3S. The van der Waals surface area contributed by atoms with Crippen LogP contribution in [0, 0.1) is 6.92 Å². The topological polar surface area (TPSA) is 69.7 Å². The quantitative estimate of drug-likeness (QED) is 0.647. The van der Waals surface area contributed by atoms with Gasteiger partial charge in [0.2, 0.25) is 15.9 Å². The molecule has 0 saturated carbocycles. The van der Waals surface area contributed by atoms with E-state index in [1.165, 1.54) is 18.4 Å². The molecule has 1 N–H and O–H groups in total. The molecule has 6 nitrogen and oxygen atoms in total. The number of likely N-dealkylation sites (tertiary alicyclic amines) is 1. The maximum atomic E-state index is 12.8. The Balaban J connectivity index is 1.66. The summed E-state index contributed by atoms with van der Waals surface area (Å²) in [5, 5.41) is 3.27. The summed E-state index contributed by atoms with van der Waals surface area (Å²) in [6.07, 6.45) is 3.62. The van der Waals surface area contributed by atoms with Gasteiger partial charge >= 0.3 is 0 Å². The average Bonchev–Trinajstić information content (AvgIpc) is 3.22. The molecule has 31 heavy (non-hydrogen) atoms. The lowest BCUT2D eigenvalue weighted by Crippen LogP contribution is -2.48. The highest BCUT2D eigenvalue weighted by Gasteiger charge is 2.30. The fraction of sp³-hybridized carbons (Fsp3) is 0.435. The van der Waals surface area contributed by atoms with Crippen LogP contribution in [0.25, 0.3) is 0 Å². The Kier molecular flexibility index (Phi) is 7.62. The van der Waals surface area contributed by atoms with Crippen molar-refractivity contribution in [2.45, 2.75) is 45.8 Å². The van der Waals surface area contributed by atoms with E-state index in [1.807, 2.05) is 12.1 Å². The Morgan fingerprint density at radius 3 is 2.35 bits per heavy atom. The predicted octanol–water partition coefficient (Wildman–Crippen LogP) is 3.72. The number of carbonyl (C=O) groups excluding carboxylic acids is 1. The van der Waals surface area contributed by atoms with E-state index in [0.29, 0.717) is 17.3 Å². The Morgan fingerprint density at radius 2 is 1.74 bits per heavy atom. The van der Waals surface area contributed by atoms with E-state index in [2.05, 4.69) is 22.3 Å². The summed E-state index contributed by atoms with van der Waals surface area (Å²) in [6, 6.07) is 12.3. The number of sulfonamides is 1. The number of amides is 1. The lowest BCUT2D eigenvalue weighted by molar-refractivity contribution is -0.122. The monoisotopic (exact) mass is 463 g/mol. The van der Waals surface area contributed by atoms with Gasteiger partial charge in [-0.1, -0.05) is 41.9 Å². The number of halogens is 1. The predicted molar refractivity (Wildman–Crippen MR) is 126 cm³/mol. The van der Waals surface area contributed by atoms with E-state index >= 15 is 0 Å². The summed E-state index contributed by atoms with van der Waals surface area (Å²) >= 11 is 6.08. The fourth-order valence-corrected chi connectivity index (χ4v) is 5.29. The van der Waals surface area contributed by atoms with Crippen LogP contribution in [-0.2, 0) is 27.9 Å². The van der Waals surface area contributed by atoms with Crippen molar-refractivity contribution in [3.05, 3.63) is 64.2 Å². The Hall–Kier alpha value is -2.09. The third-order valence-electron chi connectivity index (χ3n) is 5.59. The smallest absolute Gasteiger partial charge is 0.243 e. The van der Waals surface area contributed by atoms with Crippen LogP contribution >= 0.6 is 11.6 Å². The molecule has 1 heterocycles. The van der Waals surface area contributed by atoms with Crippen molar-refractivity contribution in [3.63, 3.8) is 0 Å². The van der Waals surface area contributed by atoms with Crippen LogP contribution < -0.4 is 9.62 Å². The summed E-state index contributed by atoms with van der Waals surface area (Å²) in [5.41, 5.74) is 3.35. The summed E-state index contributed by atoms with van der Waals surface area (Å²) < 4.78 is 26.1. The zero-order chi connectivity index (χ0) is 22.6. The lowest BCUT2D eigenvalue weighted by atomic mass is 10.1. The van der Waals surface area contributed by atoms with Gasteiger partial charge in [0, 0.05) is 18.1 Å². The minimum Gasteiger partial charge on any atom is -0.350 e. The SMILES string of the molecule is Cc1ccc(Cl)cc1N(C(C)C(=O)NCc1ccc(CN2CCCC2)cc1)S(C)(=O)=O. The molecule has 1 unspecified atom stereocenters. The Morgan fingerprint density at radius 1 is 1.13 bits per heavy atom. The molecule has 8 heteroatoms. The third-order valence-corrected chi connectivity index (χ3v) is 7.05. The van der Waals surface area contributed by atoms with Gasteiger partial charge in [-0.25, -0.2) is 8.42 Å². The van der Waals surface area contributed by atoms with Crippen molar-refractivity contribution in [1.29, 1.82) is 0 Å². The van der Waals surface area contributed by atoms with Crippen LogP contribution in [0.1, 0.15) is 36.5 Å². The summed E-state index contributed by atoms with van der Waals surface area (Å²) in [7, 11) is -3.69. The maximum absolute atomic E-state index is 12.8. The highest BCUT2D eigenvalue weighted by Crippen LogP contribution is 2.28. The molecule has 1 amide bonds. The van der Waals surface area contributed by atoms with Crippen LogP contribution in [0.5, 0.6) is 0 Å². The molecule has 3 rings (SSSR count). The zero-order valence-corrected chi connectivity index (χ0v) is 19.8. The summed E-state index contributed by atoms with van der Waals surface area (Å²) in [6.45, 7) is 6.95. The number of aryl methyl sites for hydroxylation is 1. The number of benzene rings is 2. The highest BCUT2D eigenvalue weighted by atomic mass is 35.5. The molecule has 0 bridgehead atoms. The van der Waals surface area contributed by atoms with Crippen LogP contribution in [-0.4, -0.2) is 44.6 Å². The minimum atomic E-state index is -3.69. The van der Waals surface area contributed by atoms with Crippen molar-refractivity contribution in [2.75, 3.05) is 23.7 Å². The number of hydrogen-bond acceptors (Lipinski definition) is 4. The Labute approximate surface area is 190 Å². The van der Waals surface area contributed by atoms with Crippen molar-refractivity contribution < 1.29 is 13.2 Å². The van der Waals surface area contributed by atoms with Crippen LogP contribution in [0.2, 0.25) is 5.02 Å². The first-order valence-corrected chi connectivity index (χ1v) is 12.7. The largest absolute Gasteiger partial charge is 0.350 e. The first-order valence-electron chi connectivity index (χ1n) is 10.5. The second-order valence-electron chi connectivity index (χ2n) is 8.18. The number of carbonyl (C=O) groups is 1. The van der Waals surface area contributed by atoms with Crippen molar-refractivity contribution >= 4 is 33.2 Å². The second-order valence-corrected chi connectivity index (χ2v) is 10.5. The molecule has 0 spiro atoms. The number of rotatable bonds is 8. The molecule has 1 saturated heterocycles. The molecule has 0 radical (unpaired) electrons. The van der Waals surface area contributed by atoms with Crippen LogP contribution in [0.3, 0.4) is 0 Å². The number of nitrogens with one attached hydrogen (secondary N) is 1. The first kappa shape index (κ1) is 23.6. The van der Waals surface area contributed by atoms with Gasteiger partial charge in [-0.2, -0.15) is 0 Å². The maximum Gasteiger partial charge on any atom is 0.243 e. The van der Waals surface area contributed by atoms with E-state index in [0.717, 1.165) is 41.3 Å². The molecule has 1 fully saturated rings. The molecule has 0 aliphatic carbocycles. The third kappa shape index (κ3) is 6.21. The minimum absolute atomic E-state index is 0.333. The van der Waals surface area contributed by atoms with Crippen molar-refractivity contribution in [3.8, 4) is 0 Å². The fourth-order valence-electron chi connectivity index (χ4n) is 3.90. The molecule has 0 aromatic heterocycles. The first-order chi connectivity index (χ1) is 14.6. The molecule has 2 aromatic rings. The van der Waals surface area contributed by atoms with Gasteiger partial charge in [-0.05, 0) is 68.6 Å². The zero-order valence-electron chi connectivity index (χ0n) is 18.3. The molecule has 1 aliphatic rings. The van der Waals surface area contributed by atoms with Gasteiger partial charge in [-0.15, -0.1) is 0 Å². The molecule has 1 aliphatic heterocycles. The summed E-state index contributed by atoms with van der Waals surface area (Å²) in [4.78, 5) is 15.3. The lowest BCUT2D eigenvalue weighted by Gasteiger charge is -2.29. The highest BCUT2D eigenvalue weighted by molar-refractivity contribution is 7.92. The van der Waals surface area contributed by atoms with Gasteiger partial charge in [0.15, 0.2) is 0 Å². The van der Waals surface area contributed by atoms with Gasteiger partial charge in [0.1, 0.15) is 6.04 Å². The number of anilines is 1. The van der Waals surface area contributed by atoms with Crippen molar-refractivity contribution in [2.24, 2.45) is 0 Å². The van der Waals surface area contributed by atoms with E-state index in [-0.39, 0.29) is 5.91 Å². The molecular weight excluding hydrogens is 434 g/mol. The molecule has 1 atom stereocenters. The van der Waals surface area contributed by atoms with E-state index in [4.69, 9.17) is 11.6 Å². The van der Waals surface area contributed by atoms with Gasteiger partial charge in [0.05, 0.1) is 11.9 Å². The summed E-state index contributed by atoms with van der Waals surface area (Å²) in [5.74, 6) is -0.369. The van der Waals surface area contributed by atoms with Gasteiger partial charge in [0.25, 0.3) is 0 Å². The Bertz CT molecular complexity index is 1020. The average molecular weight is 464 g/mol. The normalized spacial score (nSPS) is 15.6. The van der Waals surface area contributed by atoms with Crippen LogP contribution in [0.15, 0.2) is 42.5 Å². The van der Waals surface area contributed by atoms with E-state index in [1.54, 1.807) is 32.0 Å². The number of hydrogen-bond donors (Lipinski definition) is 1. The standard InChI is InChI=1S/C23H30ClN3O3S/c1-17-6-11-21(24)14-22(17)27(31(3,29)30)18(2)23(28)25-15-19-7-9-20(10-8-19)16-26-12-4-5-13-26/h6-11,14,18H,4-5,12-13,15-16H2,1-3H3,(H,25,28). The van der Waals surface area contributed by atoms with E-state index < -0.39 is 16.1 Å². The molecule has 168 valence electrons. The number of nitrogens with zero attached hydrogens (tertiary/aromatic N) is 2. The van der Waals surface area contributed by atoms with E-state index in [9.17, 15) is 13.2 Å². The van der Waals surface area contributed by atoms with Gasteiger partial charge in [-0.3, -0.25) is 14.0 Å². The molecule has 2 aromatic carbocycles.